The van der Waals surface area contributed by atoms with Gasteiger partial charge in [0, 0.05) is 26.4 Å². The van der Waals surface area contributed by atoms with Crippen LogP contribution in [-0.4, -0.2) is 51.8 Å². The summed E-state index contributed by atoms with van der Waals surface area (Å²) in [7, 11) is -10.5. The Bertz CT molecular complexity index is 622. The quantitative estimate of drug-likeness (QED) is 0.0367. The molecule has 0 saturated heterocycles. The molecule has 11 nitrogen and oxygen atoms in total. The first kappa shape index (κ1) is 58.4. The molecule has 0 aliphatic heterocycles. The van der Waals surface area contributed by atoms with Gasteiger partial charge in [-0.3, -0.25) is 0 Å². The molecule has 0 spiro atoms. The zero-order valence-corrected chi connectivity index (χ0v) is 39.3. The average molecular weight is 723 g/mol. The van der Waals surface area contributed by atoms with Gasteiger partial charge in [0.1, 0.15) is 0 Å². The molecule has 0 amide bonds. The van der Waals surface area contributed by atoms with Gasteiger partial charge in [-0.25, -0.2) is 0 Å². The average Bonchev–Trinajstić information content (AvgIpc) is 2.90. The number of phosphoric acid groups is 2. The van der Waals surface area contributed by atoms with Crippen LogP contribution in [0.15, 0.2) is 0 Å². The standard InChI is InChI=1S/C28H60O11P2.4Na/c1-3-5-7-9-11-13-15-17-21-35-23-19-27(25-37-40(29,30)31)39-28(26-38-41(32,33)34)20-24-36-22-18-16-14-12-10-8-6-4-2;;;;/h27-28H,3-26H2,1-2H3,(H2,29,30,31)(H2,32,33,34);;;;/q;4*+1/p-4. The van der Waals surface area contributed by atoms with Gasteiger partial charge in [0.05, 0.1) is 41.1 Å². The van der Waals surface area contributed by atoms with Crippen LogP contribution >= 0.6 is 15.6 Å². The van der Waals surface area contributed by atoms with Gasteiger partial charge in [-0.2, -0.15) is 0 Å². The minimum atomic E-state index is -5.24. The minimum Gasteiger partial charge on any atom is -0.790 e. The maximum absolute atomic E-state index is 11.0. The van der Waals surface area contributed by atoms with Gasteiger partial charge in [0.2, 0.25) is 0 Å². The normalized spacial score (nSPS) is 12.8. The summed E-state index contributed by atoms with van der Waals surface area (Å²) < 4.78 is 48.0. The SMILES string of the molecule is CCCCCCCCCCOCCC(COP(=O)([O-])[O-])OC(CCOCCCCCCCCCC)COP(=O)([O-])[O-].[Na+].[Na+].[Na+].[Na+]. The van der Waals surface area contributed by atoms with E-state index in [2.05, 4.69) is 22.9 Å². The molecule has 0 aliphatic rings. The van der Waals surface area contributed by atoms with Crippen molar-refractivity contribution in [1.82, 2.24) is 0 Å². The fourth-order valence-corrected chi connectivity index (χ4v) is 5.01. The minimum absolute atomic E-state index is 0. The maximum Gasteiger partial charge on any atom is 1.00 e. The Labute approximate surface area is 362 Å². The molecular weight excluding hydrogens is 666 g/mol. The van der Waals surface area contributed by atoms with E-state index in [1.54, 1.807) is 0 Å². The van der Waals surface area contributed by atoms with Gasteiger partial charge in [0.15, 0.2) is 0 Å². The second kappa shape index (κ2) is 40.9. The number of rotatable bonds is 32. The molecule has 0 aromatic carbocycles. The third-order valence-corrected chi connectivity index (χ3v) is 7.61. The molecule has 0 bridgehead atoms. The van der Waals surface area contributed by atoms with Crippen LogP contribution in [0, 0.1) is 0 Å². The van der Waals surface area contributed by atoms with Crippen molar-refractivity contribution in [2.24, 2.45) is 0 Å². The molecule has 0 radical (unpaired) electrons. The summed E-state index contributed by atoms with van der Waals surface area (Å²) in [6.45, 7) is 4.84. The first-order valence-electron chi connectivity index (χ1n) is 15.7. The van der Waals surface area contributed by atoms with E-state index in [-0.39, 0.29) is 144 Å². The first-order valence-corrected chi connectivity index (χ1v) is 18.6. The molecule has 0 rings (SSSR count). The van der Waals surface area contributed by atoms with Gasteiger partial charge < -0.3 is 52.0 Å². The van der Waals surface area contributed by atoms with Crippen molar-refractivity contribution in [2.75, 3.05) is 39.6 Å². The summed E-state index contributed by atoms with van der Waals surface area (Å²) in [4.78, 5) is 44.1. The summed E-state index contributed by atoms with van der Waals surface area (Å²) in [5, 5.41) is 0. The van der Waals surface area contributed by atoms with Crippen molar-refractivity contribution in [3.63, 3.8) is 0 Å². The van der Waals surface area contributed by atoms with E-state index in [4.69, 9.17) is 14.2 Å². The molecule has 45 heavy (non-hydrogen) atoms. The summed E-state index contributed by atoms with van der Waals surface area (Å²) in [6, 6.07) is 0. The number of unbranched alkanes of at least 4 members (excludes halogenated alkanes) is 14. The zero-order valence-electron chi connectivity index (χ0n) is 29.5. The molecule has 0 aromatic heterocycles. The third-order valence-electron chi connectivity index (χ3n) is 6.67. The van der Waals surface area contributed by atoms with Gasteiger partial charge in [0.25, 0.3) is 0 Å². The molecule has 2 unspecified atom stereocenters. The first-order chi connectivity index (χ1) is 19.6. The van der Waals surface area contributed by atoms with E-state index in [1.165, 1.54) is 64.2 Å². The molecule has 248 valence electrons. The molecule has 0 aliphatic carbocycles. The second-order valence-electron chi connectivity index (χ2n) is 10.6. The number of ether oxygens (including phenoxy) is 3. The van der Waals surface area contributed by atoms with E-state index in [1.807, 2.05) is 0 Å². The Morgan fingerprint density at radius 1 is 0.467 bits per heavy atom. The Kier molecular flexibility index (Phi) is 53.0. The van der Waals surface area contributed by atoms with Crippen molar-refractivity contribution < 1.29 is 170 Å². The summed E-state index contributed by atoms with van der Waals surface area (Å²) >= 11 is 0. The van der Waals surface area contributed by atoms with Crippen molar-refractivity contribution in [1.29, 1.82) is 0 Å². The van der Waals surface area contributed by atoms with E-state index in [0.29, 0.717) is 13.2 Å². The molecule has 0 aromatic rings. The molecule has 0 heterocycles. The van der Waals surface area contributed by atoms with Crippen LogP contribution in [0.5, 0.6) is 0 Å². The molecular formula is C28H56Na4O11P2. The smallest absolute Gasteiger partial charge is 0.790 e. The van der Waals surface area contributed by atoms with E-state index in [0.717, 1.165) is 38.5 Å². The zero-order chi connectivity index (χ0) is 30.7. The van der Waals surface area contributed by atoms with E-state index < -0.39 is 41.1 Å². The van der Waals surface area contributed by atoms with Crippen LogP contribution in [0.25, 0.3) is 0 Å². The van der Waals surface area contributed by atoms with Gasteiger partial charge in [-0.1, -0.05) is 104 Å². The van der Waals surface area contributed by atoms with E-state index in [9.17, 15) is 28.7 Å². The van der Waals surface area contributed by atoms with Crippen LogP contribution in [0.1, 0.15) is 129 Å². The van der Waals surface area contributed by atoms with Crippen LogP contribution in [0.4, 0.5) is 0 Å². The number of hydrogen-bond donors (Lipinski definition) is 0. The van der Waals surface area contributed by atoms with Crippen LogP contribution < -0.4 is 138 Å². The largest absolute Gasteiger partial charge is 1.00 e. The third kappa shape index (κ3) is 48.1. The van der Waals surface area contributed by atoms with Gasteiger partial charge in [-0.15, -0.1) is 0 Å². The second-order valence-corrected chi connectivity index (χ2v) is 12.9. The Morgan fingerprint density at radius 3 is 1.04 bits per heavy atom. The Hall–Kier alpha value is 4.10. The van der Waals surface area contributed by atoms with E-state index >= 15 is 0 Å². The molecule has 2 atom stereocenters. The summed E-state index contributed by atoms with van der Waals surface area (Å²) in [6.07, 6.45) is 17.4. The molecule has 0 fully saturated rings. The van der Waals surface area contributed by atoms with Crippen molar-refractivity contribution >= 4 is 15.6 Å². The fourth-order valence-electron chi connectivity index (χ4n) is 4.31. The van der Waals surface area contributed by atoms with Crippen molar-refractivity contribution in [3.05, 3.63) is 0 Å². The molecule has 0 N–H and O–H groups in total. The summed E-state index contributed by atoms with van der Waals surface area (Å²) in [5.41, 5.74) is 0. The predicted molar refractivity (Wildman–Crippen MR) is 152 cm³/mol. The van der Waals surface area contributed by atoms with Crippen LogP contribution in [0.2, 0.25) is 0 Å². The topological polar surface area (TPSA) is 173 Å². The molecule has 17 heteroatoms. The van der Waals surface area contributed by atoms with Crippen molar-refractivity contribution in [3.8, 4) is 0 Å². The predicted octanol–water partition coefficient (Wildman–Crippen LogP) is -7.46. The molecule has 0 saturated carbocycles. The van der Waals surface area contributed by atoms with Crippen LogP contribution in [0.3, 0.4) is 0 Å². The van der Waals surface area contributed by atoms with Gasteiger partial charge in [-0.05, 0) is 25.7 Å². The maximum atomic E-state index is 11.0. The Morgan fingerprint density at radius 2 is 0.756 bits per heavy atom. The summed E-state index contributed by atoms with van der Waals surface area (Å²) in [5.74, 6) is 0. The van der Waals surface area contributed by atoms with Crippen molar-refractivity contribution in [2.45, 2.75) is 142 Å². The number of phosphoric ester groups is 2. The van der Waals surface area contributed by atoms with Gasteiger partial charge >= 0.3 is 118 Å². The van der Waals surface area contributed by atoms with Crippen LogP contribution in [-0.2, 0) is 32.4 Å². The Balaban J connectivity index is -0.00000133. The monoisotopic (exact) mass is 722 g/mol. The number of hydrogen-bond acceptors (Lipinski definition) is 11. The fraction of sp³-hybridized carbons (Fsp3) is 1.00.